The standard InChI is InChI=1S/C23H24N2O5/c1-15(29-20-12-10-19(28-3)11-13-20)22(26)24-25-23(27)16(2)30-21-9-8-17-6-4-5-7-18(17)14-21/h4-16H,1-3H3,(H,24,26)(H,25,27)/t15-,16-/m0/s1. The highest BCUT2D eigenvalue weighted by molar-refractivity contribution is 5.87. The fraction of sp³-hybridized carbons (Fsp3) is 0.217. The SMILES string of the molecule is COc1ccc(O[C@@H](C)C(=O)NNC(=O)[C@H](C)Oc2ccc3ccccc3c2)cc1. The number of ether oxygens (including phenoxy) is 3. The molecular formula is C23H24N2O5. The molecule has 0 spiro atoms. The first-order valence-electron chi connectivity index (χ1n) is 9.52. The van der Waals surface area contributed by atoms with Crippen LogP contribution in [0.15, 0.2) is 66.7 Å². The smallest absolute Gasteiger partial charge is 0.279 e. The molecule has 2 atom stereocenters. The van der Waals surface area contributed by atoms with Crippen LogP contribution in [0.1, 0.15) is 13.8 Å². The topological polar surface area (TPSA) is 85.9 Å². The maximum Gasteiger partial charge on any atom is 0.279 e. The summed E-state index contributed by atoms with van der Waals surface area (Å²) in [5.41, 5.74) is 4.71. The van der Waals surface area contributed by atoms with Crippen LogP contribution < -0.4 is 25.1 Å². The van der Waals surface area contributed by atoms with E-state index >= 15 is 0 Å². The van der Waals surface area contributed by atoms with E-state index in [0.29, 0.717) is 17.2 Å². The molecule has 0 fully saturated rings. The fourth-order valence-electron chi connectivity index (χ4n) is 2.74. The quantitative estimate of drug-likeness (QED) is 0.586. The molecule has 0 bridgehead atoms. The maximum atomic E-state index is 12.3. The lowest BCUT2D eigenvalue weighted by Crippen LogP contribution is -2.50. The van der Waals surface area contributed by atoms with Crippen LogP contribution >= 0.6 is 0 Å². The molecule has 0 heterocycles. The molecule has 0 saturated carbocycles. The van der Waals surface area contributed by atoms with Crippen LogP contribution in [0.2, 0.25) is 0 Å². The number of benzene rings is 3. The Hall–Kier alpha value is -3.74. The van der Waals surface area contributed by atoms with Crippen molar-refractivity contribution in [3.05, 3.63) is 66.7 Å². The van der Waals surface area contributed by atoms with E-state index in [1.165, 1.54) is 0 Å². The number of nitrogens with one attached hydrogen (secondary N) is 2. The third-order valence-electron chi connectivity index (χ3n) is 4.45. The van der Waals surface area contributed by atoms with Gasteiger partial charge in [-0.05, 0) is 61.0 Å². The van der Waals surface area contributed by atoms with Gasteiger partial charge < -0.3 is 14.2 Å². The molecular weight excluding hydrogens is 384 g/mol. The van der Waals surface area contributed by atoms with Crippen LogP contribution in [-0.4, -0.2) is 31.1 Å². The van der Waals surface area contributed by atoms with Gasteiger partial charge in [-0.2, -0.15) is 0 Å². The average molecular weight is 408 g/mol. The van der Waals surface area contributed by atoms with Gasteiger partial charge in [0.15, 0.2) is 12.2 Å². The second-order valence-electron chi connectivity index (χ2n) is 6.68. The molecule has 3 aromatic rings. The molecule has 0 aromatic heterocycles. The number of methoxy groups -OCH3 is 1. The Morgan fingerprint density at radius 3 is 1.80 bits per heavy atom. The summed E-state index contributed by atoms with van der Waals surface area (Å²) < 4.78 is 16.3. The summed E-state index contributed by atoms with van der Waals surface area (Å²) in [7, 11) is 1.57. The molecule has 2 N–H and O–H groups in total. The molecule has 0 radical (unpaired) electrons. The number of hydrogen-bond acceptors (Lipinski definition) is 5. The van der Waals surface area contributed by atoms with Gasteiger partial charge in [-0.3, -0.25) is 20.4 Å². The Morgan fingerprint density at radius 1 is 0.700 bits per heavy atom. The Balaban J connectivity index is 1.48. The molecule has 156 valence electrons. The molecule has 7 nitrogen and oxygen atoms in total. The normalized spacial score (nSPS) is 12.5. The summed E-state index contributed by atoms with van der Waals surface area (Å²) >= 11 is 0. The molecule has 3 aromatic carbocycles. The van der Waals surface area contributed by atoms with Gasteiger partial charge in [0.05, 0.1) is 7.11 Å². The summed E-state index contributed by atoms with van der Waals surface area (Å²) in [4.78, 5) is 24.4. The lowest BCUT2D eigenvalue weighted by Gasteiger charge is -2.18. The molecule has 3 rings (SSSR count). The van der Waals surface area contributed by atoms with Crippen LogP contribution in [0.5, 0.6) is 17.2 Å². The van der Waals surface area contributed by atoms with Crippen molar-refractivity contribution in [2.24, 2.45) is 0 Å². The van der Waals surface area contributed by atoms with Gasteiger partial charge in [-0.25, -0.2) is 0 Å². The van der Waals surface area contributed by atoms with Crippen molar-refractivity contribution >= 4 is 22.6 Å². The number of hydrazine groups is 1. The van der Waals surface area contributed by atoms with Crippen molar-refractivity contribution in [1.82, 2.24) is 10.9 Å². The second-order valence-corrected chi connectivity index (χ2v) is 6.68. The van der Waals surface area contributed by atoms with E-state index in [0.717, 1.165) is 10.8 Å². The highest BCUT2D eigenvalue weighted by Gasteiger charge is 2.19. The van der Waals surface area contributed by atoms with Crippen molar-refractivity contribution in [3.8, 4) is 17.2 Å². The summed E-state index contributed by atoms with van der Waals surface area (Å²) in [5.74, 6) is 0.800. The minimum absolute atomic E-state index is 0.479. The zero-order valence-electron chi connectivity index (χ0n) is 17.0. The summed E-state index contributed by atoms with van der Waals surface area (Å²) in [5, 5.41) is 2.10. The molecule has 0 unspecified atom stereocenters. The first kappa shape index (κ1) is 21.0. The van der Waals surface area contributed by atoms with Crippen LogP contribution in [0.3, 0.4) is 0 Å². The summed E-state index contributed by atoms with van der Waals surface area (Å²) in [6.07, 6.45) is -1.61. The molecule has 30 heavy (non-hydrogen) atoms. The van der Waals surface area contributed by atoms with Crippen molar-refractivity contribution in [2.75, 3.05) is 7.11 Å². The Morgan fingerprint density at radius 2 is 1.20 bits per heavy atom. The minimum atomic E-state index is -0.810. The minimum Gasteiger partial charge on any atom is -0.497 e. The Kier molecular flexibility index (Phi) is 6.75. The number of amides is 2. The highest BCUT2D eigenvalue weighted by Crippen LogP contribution is 2.21. The van der Waals surface area contributed by atoms with Crippen LogP contribution in [0.4, 0.5) is 0 Å². The van der Waals surface area contributed by atoms with Gasteiger partial charge in [0.1, 0.15) is 17.2 Å². The largest absolute Gasteiger partial charge is 0.497 e. The van der Waals surface area contributed by atoms with E-state index in [1.54, 1.807) is 51.3 Å². The van der Waals surface area contributed by atoms with Gasteiger partial charge >= 0.3 is 0 Å². The first-order chi connectivity index (χ1) is 14.5. The maximum absolute atomic E-state index is 12.3. The number of hydrogen-bond donors (Lipinski definition) is 2. The Bertz CT molecular complexity index is 1020. The molecule has 7 heteroatoms. The van der Waals surface area contributed by atoms with Crippen LogP contribution in [0, 0.1) is 0 Å². The average Bonchev–Trinajstić information content (AvgIpc) is 2.77. The summed E-state index contributed by atoms with van der Waals surface area (Å²) in [6.45, 7) is 3.19. The number of carbonyl (C=O) groups is 2. The van der Waals surface area contributed by atoms with E-state index in [4.69, 9.17) is 14.2 Å². The number of rotatable bonds is 7. The van der Waals surface area contributed by atoms with Crippen LogP contribution in [-0.2, 0) is 9.59 Å². The predicted octanol–water partition coefficient (Wildman–Crippen LogP) is 3.23. The lowest BCUT2D eigenvalue weighted by molar-refractivity contribution is -0.135. The monoisotopic (exact) mass is 408 g/mol. The van der Waals surface area contributed by atoms with Gasteiger partial charge in [-0.1, -0.05) is 30.3 Å². The van der Waals surface area contributed by atoms with E-state index in [9.17, 15) is 9.59 Å². The Labute approximate surface area is 174 Å². The van der Waals surface area contributed by atoms with Gasteiger partial charge in [0.2, 0.25) is 0 Å². The molecule has 0 saturated heterocycles. The summed E-state index contributed by atoms with van der Waals surface area (Å²) in [6, 6.07) is 20.3. The van der Waals surface area contributed by atoms with Crippen molar-refractivity contribution in [1.29, 1.82) is 0 Å². The van der Waals surface area contributed by atoms with Gasteiger partial charge in [0, 0.05) is 0 Å². The van der Waals surface area contributed by atoms with Crippen molar-refractivity contribution in [3.63, 3.8) is 0 Å². The third-order valence-corrected chi connectivity index (χ3v) is 4.45. The predicted molar refractivity (Wildman–Crippen MR) is 113 cm³/mol. The van der Waals surface area contributed by atoms with Gasteiger partial charge in [0.25, 0.3) is 11.8 Å². The molecule has 0 aliphatic heterocycles. The zero-order valence-corrected chi connectivity index (χ0v) is 17.0. The van der Waals surface area contributed by atoms with E-state index in [2.05, 4.69) is 10.9 Å². The molecule has 2 amide bonds. The third kappa shape index (κ3) is 5.41. The van der Waals surface area contributed by atoms with Crippen molar-refractivity contribution in [2.45, 2.75) is 26.1 Å². The van der Waals surface area contributed by atoms with E-state index in [1.807, 2.05) is 36.4 Å². The van der Waals surface area contributed by atoms with Crippen molar-refractivity contribution < 1.29 is 23.8 Å². The van der Waals surface area contributed by atoms with Gasteiger partial charge in [-0.15, -0.1) is 0 Å². The molecule has 0 aliphatic carbocycles. The first-order valence-corrected chi connectivity index (χ1v) is 9.52. The van der Waals surface area contributed by atoms with E-state index in [-0.39, 0.29) is 0 Å². The number of carbonyl (C=O) groups excluding carboxylic acids is 2. The number of fused-ring (bicyclic) bond motifs is 1. The lowest BCUT2D eigenvalue weighted by atomic mass is 10.1. The van der Waals surface area contributed by atoms with E-state index < -0.39 is 24.0 Å². The van der Waals surface area contributed by atoms with Crippen LogP contribution in [0.25, 0.3) is 10.8 Å². The highest BCUT2D eigenvalue weighted by atomic mass is 16.5. The molecule has 0 aliphatic rings. The zero-order chi connectivity index (χ0) is 21.5. The fourth-order valence-corrected chi connectivity index (χ4v) is 2.74. The second kappa shape index (κ2) is 9.65.